The highest BCUT2D eigenvalue weighted by molar-refractivity contribution is 9.10. The van der Waals surface area contributed by atoms with E-state index in [9.17, 15) is 9.59 Å². The zero-order valence-electron chi connectivity index (χ0n) is 13.9. The SMILES string of the molecule is CC(=O)N(c1ccccc1)c1nc(COC(=O)c2ccccc2Br)cs1. The van der Waals surface area contributed by atoms with Crippen molar-refractivity contribution in [2.75, 3.05) is 4.90 Å². The van der Waals surface area contributed by atoms with Gasteiger partial charge >= 0.3 is 5.97 Å². The number of amides is 1. The molecule has 0 bridgehead atoms. The maximum absolute atomic E-state index is 12.2. The van der Waals surface area contributed by atoms with Gasteiger partial charge in [-0.25, -0.2) is 9.78 Å². The molecule has 2 aromatic carbocycles. The quantitative estimate of drug-likeness (QED) is 0.537. The van der Waals surface area contributed by atoms with E-state index in [-0.39, 0.29) is 12.5 Å². The maximum atomic E-state index is 12.2. The Morgan fingerprint density at radius 2 is 1.81 bits per heavy atom. The van der Waals surface area contributed by atoms with Gasteiger partial charge in [-0.1, -0.05) is 30.3 Å². The first-order valence-electron chi connectivity index (χ1n) is 7.78. The second-order valence-electron chi connectivity index (χ2n) is 5.37. The van der Waals surface area contributed by atoms with Gasteiger partial charge in [0.05, 0.1) is 16.9 Å². The van der Waals surface area contributed by atoms with Crippen LogP contribution in [0.5, 0.6) is 0 Å². The van der Waals surface area contributed by atoms with Crippen molar-refractivity contribution in [3.63, 3.8) is 0 Å². The molecule has 3 rings (SSSR count). The average molecular weight is 431 g/mol. The number of benzene rings is 2. The van der Waals surface area contributed by atoms with Gasteiger partial charge in [-0.05, 0) is 40.2 Å². The highest BCUT2D eigenvalue weighted by Crippen LogP contribution is 2.29. The van der Waals surface area contributed by atoms with Crippen molar-refractivity contribution in [2.24, 2.45) is 0 Å². The third-order valence-corrected chi connectivity index (χ3v) is 5.07. The minimum atomic E-state index is -0.432. The number of halogens is 1. The first-order chi connectivity index (χ1) is 12.6. The van der Waals surface area contributed by atoms with Gasteiger partial charge in [0.2, 0.25) is 5.91 Å². The van der Waals surface area contributed by atoms with E-state index in [0.29, 0.717) is 20.9 Å². The summed E-state index contributed by atoms with van der Waals surface area (Å²) >= 11 is 4.65. The molecule has 0 aliphatic carbocycles. The van der Waals surface area contributed by atoms with Gasteiger partial charge in [0.25, 0.3) is 0 Å². The number of ether oxygens (including phenoxy) is 1. The molecule has 26 heavy (non-hydrogen) atoms. The van der Waals surface area contributed by atoms with Gasteiger partial charge < -0.3 is 4.74 Å². The van der Waals surface area contributed by atoms with Crippen LogP contribution < -0.4 is 4.90 Å². The first kappa shape index (κ1) is 18.3. The highest BCUT2D eigenvalue weighted by Gasteiger charge is 2.18. The molecule has 5 nitrogen and oxygen atoms in total. The molecule has 0 saturated heterocycles. The van der Waals surface area contributed by atoms with E-state index in [0.717, 1.165) is 5.69 Å². The average Bonchev–Trinajstić information content (AvgIpc) is 3.09. The second kappa shape index (κ2) is 8.25. The minimum absolute atomic E-state index is 0.0389. The van der Waals surface area contributed by atoms with E-state index in [1.54, 1.807) is 23.6 Å². The molecule has 0 spiro atoms. The molecule has 0 atom stereocenters. The molecule has 0 radical (unpaired) electrons. The molecule has 1 heterocycles. The Morgan fingerprint density at radius 1 is 1.12 bits per heavy atom. The topological polar surface area (TPSA) is 59.5 Å². The normalized spacial score (nSPS) is 10.4. The summed E-state index contributed by atoms with van der Waals surface area (Å²) in [7, 11) is 0. The smallest absolute Gasteiger partial charge is 0.339 e. The van der Waals surface area contributed by atoms with Crippen LogP contribution in [0.25, 0.3) is 0 Å². The van der Waals surface area contributed by atoms with Gasteiger partial charge in [-0.2, -0.15) is 0 Å². The van der Waals surface area contributed by atoms with Crippen LogP contribution in [0.1, 0.15) is 23.0 Å². The number of carbonyl (C=O) groups is 2. The van der Waals surface area contributed by atoms with Crippen LogP contribution in [-0.4, -0.2) is 16.9 Å². The largest absolute Gasteiger partial charge is 0.456 e. The van der Waals surface area contributed by atoms with Gasteiger partial charge in [0.15, 0.2) is 5.13 Å². The molecular formula is C19H15BrN2O3S. The number of hydrogen-bond donors (Lipinski definition) is 0. The third-order valence-electron chi connectivity index (χ3n) is 3.51. The second-order valence-corrected chi connectivity index (χ2v) is 7.06. The molecule has 0 N–H and O–H groups in total. The van der Waals surface area contributed by atoms with E-state index < -0.39 is 5.97 Å². The lowest BCUT2D eigenvalue weighted by molar-refractivity contribution is -0.115. The van der Waals surface area contributed by atoms with E-state index >= 15 is 0 Å². The molecule has 3 aromatic rings. The molecule has 0 fully saturated rings. The van der Waals surface area contributed by atoms with Crippen molar-refractivity contribution in [2.45, 2.75) is 13.5 Å². The van der Waals surface area contributed by atoms with Crippen LogP contribution in [0.15, 0.2) is 64.5 Å². The number of hydrogen-bond acceptors (Lipinski definition) is 5. The number of esters is 1. The van der Waals surface area contributed by atoms with Gasteiger partial charge in [0, 0.05) is 16.8 Å². The molecule has 0 aliphatic heterocycles. The Kier molecular flexibility index (Phi) is 5.80. The minimum Gasteiger partial charge on any atom is -0.456 e. The van der Waals surface area contributed by atoms with Crippen molar-refractivity contribution in [3.05, 3.63) is 75.7 Å². The molecule has 1 amide bonds. The van der Waals surface area contributed by atoms with Crippen LogP contribution in [0.4, 0.5) is 10.8 Å². The zero-order chi connectivity index (χ0) is 18.5. The number of rotatable bonds is 5. The lowest BCUT2D eigenvalue weighted by atomic mass is 10.2. The Balaban J connectivity index is 1.72. The van der Waals surface area contributed by atoms with Crippen LogP contribution in [0.3, 0.4) is 0 Å². The van der Waals surface area contributed by atoms with E-state index in [2.05, 4.69) is 20.9 Å². The fraction of sp³-hybridized carbons (Fsp3) is 0.105. The number of thiazole rings is 1. The summed E-state index contributed by atoms with van der Waals surface area (Å²) in [6, 6.07) is 16.4. The van der Waals surface area contributed by atoms with Crippen LogP contribution in [-0.2, 0) is 16.1 Å². The predicted molar refractivity (Wildman–Crippen MR) is 105 cm³/mol. The molecule has 0 saturated carbocycles. The van der Waals surface area contributed by atoms with E-state index in [4.69, 9.17) is 4.74 Å². The fourth-order valence-electron chi connectivity index (χ4n) is 2.31. The van der Waals surface area contributed by atoms with Crippen LogP contribution in [0, 0.1) is 0 Å². The molecule has 7 heteroatoms. The Labute approximate surface area is 163 Å². The number of anilines is 2. The summed E-state index contributed by atoms with van der Waals surface area (Å²) in [6.07, 6.45) is 0. The lowest BCUT2D eigenvalue weighted by Crippen LogP contribution is -2.22. The van der Waals surface area contributed by atoms with E-state index in [1.807, 2.05) is 36.4 Å². The fourth-order valence-corrected chi connectivity index (χ4v) is 3.63. The van der Waals surface area contributed by atoms with Crippen LogP contribution >= 0.6 is 27.3 Å². The lowest BCUT2D eigenvalue weighted by Gasteiger charge is -2.17. The van der Waals surface area contributed by atoms with Crippen molar-refractivity contribution < 1.29 is 14.3 Å². The predicted octanol–water partition coefficient (Wildman–Crippen LogP) is 4.95. The Hall–Kier alpha value is -2.51. The van der Waals surface area contributed by atoms with Crippen LogP contribution in [0.2, 0.25) is 0 Å². The summed E-state index contributed by atoms with van der Waals surface area (Å²) in [5.41, 5.74) is 1.79. The Bertz CT molecular complexity index is 927. The number of nitrogens with zero attached hydrogens (tertiary/aromatic N) is 2. The zero-order valence-corrected chi connectivity index (χ0v) is 16.3. The van der Waals surface area contributed by atoms with Crippen molar-refractivity contribution >= 4 is 50.0 Å². The number of carbonyl (C=O) groups excluding carboxylic acids is 2. The van der Waals surface area contributed by atoms with Gasteiger partial charge in [0.1, 0.15) is 6.61 Å². The van der Waals surface area contributed by atoms with Crippen molar-refractivity contribution in [3.8, 4) is 0 Å². The van der Waals surface area contributed by atoms with Crippen molar-refractivity contribution in [1.29, 1.82) is 0 Å². The molecule has 0 unspecified atom stereocenters. The summed E-state index contributed by atoms with van der Waals surface area (Å²) in [4.78, 5) is 30.2. The summed E-state index contributed by atoms with van der Waals surface area (Å²) in [6.45, 7) is 1.53. The summed E-state index contributed by atoms with van der Waals surface area (Å²) < 4.78 is 6.00. The summed E-state index contributed by atoms with van der Waals surface area (Å²) in [5.74, 6) is -0.569. The third kappa shape index (κ3) is 4.17. The highest BCUT2D eigenvalue weighted by atomic mass is 79.9. The standard InChI is InChI=1S/C19H15BrN2O3S/c1-13(23)22(15-7-3-2-4-8-15)19-21-14(12-26-19)11-25-18(24)16-9-5-6-10-17(16)20/h2-10,12H,11H2,1H3. The maximum Gasteiger partial charge on any atom is 0.339 e. The van der Waals surface area contributed by atoms with E-state index in [1.165, 1.54) is 23.2 Å². The van der Waals surface area contributed by atoms with Crippen molar-refractivity contribution in [1.82, 2.24) is 4.98 Å². The number of aromatic nitrogens is 1. The molecule has 132 valence electrons. The first-order valence-corrected chi connectivity index (χ1v) is 9.45. The molecule has 1 aromatic heterocycles. The number of para-hydroxylation sites is 1. The van der Waals surface area contributed by atoms with Gasteiger partial charge in [-0.15, -0.1) is 11.3 Å². The Morgan fingerprint density at radius 3 is 2.50 bits per heavy atom. The monoisotopic (exact) mass is 430 g/mol. The van der Waals surface area contributed by atoms with Gasteiger partial charge in [-0.3, -0.25) is 9.69 Å². The molecular weight excluding hydrogens is 416 g/mol. The summed E-state index contributed by atoms with van der Waals surface area (Å²) in [5, 5.41) is 2.32. The molecule has 0 aliphatic rings.